The van der Waals surface area contributed by atoms with Crippen LogP contribution in [0.15, 0.2) is 18.3 Å². The maximum absolute atomic E-state index is 11.2. The van der Waals surface area contributed by atoms with Crippen LogP contribution in [-0.4, -0.2) is 29.1 Å². The van der Waals surface area contributed by atoms with Crippen LogP contribution in [-0.2, 0) is 10.5 Å². The van der Waals surface area contributed by atoms with Crippen molar-refractivity contribution in [1.29, 1.82) is 0 Å². The minimum absolute atomic E-state index is 0.0154. The lowest BCUT2D eigenvalue weighted by atomic mass is 10.2. The molecule has 0 aliphatic rings. The average Bonchev–Trinajstić information content (AvgIpc) is 2.39. The maximum atomic E-state index is 11.2. The zero-order valence-electron chi connectivity index (χ0n) is 10.1. The van der Waals surface area contributed by atoms with Gasteiger partial charge in [-0.1, -0.05) is 0 Å². The topological polar surface area (TPSA) is 97.1 Å². The van der Waals surface area contributed by atoms with Gasteiger partial charge in [0.15, 0.2) is 0 Å². The Labute approximate surface area is 110 Å². The predicted molar refractivity (Wildman–Crippen MR) is 70.7 cm³/mol. The summed E-state index contributed by atoms with van der Waals surface area (Å²) >= 11 is 1.47. The molecule has 7 heteroatoms. The first-order chi connectivity index (χ1) is 8.67. The minimum atomic E-state index is -0.371. The quantitative estimate of drug-likeness (QED) is 0.385. The van der Waals surface area contributed by atoms with Gasteiger partial charge < -0.3 is 5.32 Å². The van der Waals surface area contributed by atoms with Gasteiger partial charge in [0.05, 0.1) is 17.0 Å². The van der Waals surface area contributed by atoms with Crippen molar-refractivity contribution in [2.24, 2.45) is 5.84 Å². The molecule has 98 valence electrons. The summed E-state index contributed by atoms with van der Waals surface area (Å²) in [5.74, 6) is 5.68. The lowest BCUT2D eigenvalue weighted by molar-refractivity contribution is -0.118. The van der Waals surface area contributed by atoms with E-state index in [9.17, 15) is 9.59 Å². The van der Waals surface area contributed by atoms with Crippen LogP contribution >= 0.6 is 11.8 Å². The highest BCUT2D eigenvalue weighted by Gasteiger charge is 2.04. The molecular weight excluding hydrogens is 252 g/mol. The summed E-state index contributed by atoms with van der Waals surface area (Å²) in [7, 11) is 0. The molecule has 18 heavy (non-hydrogen) atoms. The minimum Gasteiger partial charge on any atom is -0.356 e. The van der Waals surface area contributed by atoms with Gasteiger partial charge >= 0.3 is 0 Å². The van der Waals surface area contributed by atoms with Crippen LogP contribution in [0.1, 0.15) is 23.0 Å². The number of carbonyl (C=O) groups is 2. The van der Waals surface area contributed by atoms with Gasteiger partial charge in [-0.15, -0.1) is 11.8 Å². The van der Waals surface area contributed by atoms with E-state index in [-0.39, 0.29) is 11.8 Å². The van der Waals surface area contributed by atoms with Gasteiger partial charge in [-0.3, -0.25) is 20.0 Å². The standard InChI is InChI=1S/C11H16N4O2S/c1-2-13-10(16)7-18-6-9-4-3-8(5-14-9)11(17)15-12/h3-5H,2,6-7,12H2,1H3,(H,13,16)(H,15,17). The van der Waals surface area contributed by atoms with Crippen molar-refractivity contribution in [3.63, 3.8) is 0 Å². The highest BCUT2D eigenvalue weighted by atomic mass is 32.2. The first-order valence-corrected chi connectivity index (χ1v) is 6.63. The Bertz CT molecular complexity index is 408. The Morgan fingerprint density at radius 2 is 2.22 bits per heavy atom. The number of nitrogens with one attached hydrogen (secondary N) is 2. The summed E-state index contributed by atoms with van der Waals surface area (Å²) in [4.78, 5) is 26.5. The molecule has 4 N–H and O–H groups in total. The van der Waals surface area contributed by atoms with Gasteiger partial charge in [0.1, 0.15) is 0 Å². The number of hydrogen-bond acceptors (Lipinski definition) is 5. The average molecular weight is 268 g/mol. The molecule has 0 unspecified atom stereocenters. The molecule has 0 saturated carbocycles. The molecule has 0 atom stereocenters. The number of nitrogens with zero attached hydrogens (tertiary/aromatic N) is 1. The first kappa shape index (κ1) is 14.5. The van der Waals surface area contributed by atoms with E-state index in [0.29, 0.717) is 23.6 Å². The van der Waals surface area contributed by atoms with Crippen LogP contribution in [0.4, 0.5) is 0 Å². The lowest BCUT2D eigenvalue weighted by Crippen LogP contribution is -2.30. The van der Waals surface area contributed by atoms with Gasteiger partial charge in [-0.25, -0.2) is 5.84 Å². The third-order valence-electron chi connectivity index (χ3n) is 2.08. The molecule has 0 aliphatic carbocycles. The second kappa shape index (κ2) is 7.67. The van der Waals surface area contributed by atoms with E-state index < -0.39 is 0 Å². The van der Waals surface area contributed by atoms with Crippen LogP contribution < -0.4 is 16.6 Å². The number of amides is 2. The number of thioether (sulfide) groups is 1. The van der Waals surface area contributed by atoms with E-state index in [1.165, 1.54) is 18.0 Å². The third-order valence-corrected chi connectivity index (χ3v) is 3.04. The number of aromatic nitrogens is 1. The summed E-state index contributed by atoms with van der Waals surface area (Å²) in [5.41, 5.74) is 3.27. The van der Waals surface area contributed by atoms with Crippen LogP contribution in [0.2, 0.25) is 0 Å². The van der Waals surface area contributed by atoms with Gasteiger partial charge in [0, 0.05) is 18.5 Å². The zero-order valence-corrected chi connectivity index (χ0v) is 10.9. The lowest BCUT2D eigenvalue weighted by Gasteiger charge is -2.03. The normalized spacial score (nSPS) is 9.89. The molecule has 1 aromatic rings. The van der Waals surface area contributed by atoms with E-state index in [0.717, 1.165) is 5.69 Å². The van der Waals surface area contributed by atoms with Crippen LogP contribution in [0.5, 0.6) is 0 Å². The Morgan fingerprint density at radius 3 is 2.78 bits per heavy atom. The molecule has 0 aliphatic heterocycles. The van der Waals surface area contributed by atoms with Crippen molar-refractivity contribution in [3.05, 3.63) is 29.6 Å². The Morgan fingerprint density at radius 1 is 1.44 bits per heavy atom. The molecule has 0 fully saturated rings. The van der Waals surface area contributed by atoms with E-state index in [1.807, 2.05) is 12.3 Å². The van der Waals surface area contributed by atoms with Crippen molar-refractivity contribution in [3.8, 4) is 0 Å². The number of nitrogen functional groups attached to an aromatic ring is 1. The SMILES string of the molecule is CCNC(=O)CSCc1ccc(C(=O)NN)cn1. The molecule has 6 nitrogen and oxygen atoms in total. The predicted octanol–water partition coefficient (Wildman–Crippen LogP) is 0.0544. The Hall–Kier alpha value is -1.60. The van der Waals surface area contributed by atoms with Gasteiger partial charge in [-0.05, 0) is 19.1 Å². The van der Waals surface area contributed by atoms with Crippen molar-refractivity contribution in [2.75, 3.05) is 12.3 Å². The Balaban J connectivity index is 2.40. The zero-order chi connectivity index (χ0) is 13.4. The molecule has 0 bridgehead atoms. The van der Waals surface area contributed by atoms with Gasteiger partial charge in [-0.2, -0.15) is 0 Å². The number of hydrazine groups is 1. The first-order valence-electron chi connectivity index (χ1n) is 5.47. The summed E-state index contributed by atoms with van der Waals surface area (Å²) in [6, 6.07) is 3.40. The summed E-state index contributed by atoms with van der Waals surface area (Å²) in [5, 5.41) is 2.72. The van der Waals surface area contributed by atoms with Crippen molar-refractivity contribution >= 4 is 23.6 Å². The van der Waals surface area contributed by atoms with E-state index in [4.69, 9.17) is 5.84 Å². The highest BCUT2D eigenvalue weighted by molar-refractivity contribution is 7.99. The van der Waals surface area contributed by atoms with E-state index in [1.54, 1.807) is 12.1 Å². The highest BCUT2D eigenvalue weighted by Crippen LogP contribution is 2.10. The number of nitrogens with two attached hydrogens (primary N) is 1. The molecule has 1 rings (SSSR count). The number of carbonyl (C=O) groups excluding carboxylic acids is 2. The van der Waals surface area contributed by atoms with Crippen molar-refractivity contribution in [1.82, 2.24) is 15.7 Å². The monoisotopic (exact) mass is 268 g/mol. The summed E-state index contributed by atoms with van der Waals surface area (Å²) < 4.78 is 0. The fraction of sp³-hybridized carbons (Fsp3) is 0.364. The molecule has 0 aromatic carbocycles. The molecule has 2 amide bonds. The number of pyridine rings is 1. The molecule has 0 radical (unpaired) electrons. The van der Waals surface area contributed by atoms with Gasteiger partial charge in [0.2, 0.25) is 5.91 Å². The Kier molecular flexibility index (Phi) is 6.16. The van der Waals surface area contributed by atoms with Crippen LogP contribution in [0.3, 0.4) is 0 Å². The second-order valence-corrected chi connectivity index (χ2v) is 4.44. The fourth-order valence-corrected chi connectivity index (χ4v) is 1.99. The summed E-state index contributed by atoms with van der Waals surface area (Å²) in [6.45, 7) is 2.52. The molecule has 0 saturated heterocycles. The van der Waals surface area contributed by atoms with Crippen molar-refractivity contribution in [2.45, 2.75) is 12.7 Å². The molecular formula is C11H16N4O2S. The third kappa shape index (κ3) is 4.72. The fourth-order valence-electron chi connectivity index (χ4n) is 1.22. The molecule has 0 spiro atoms. The van der Waals surface area contributed by atoms with E-state index in [2.05, 4.69) is 10.3 Å². The summed E-state index contributed by atoms with van der Waals surface area (Å²) in [6.07, 6.45) is 1.46. The van der Waals surface area contributed by atoms with Crippen molar-refractivity contribution < 1.29 is 9.59 Å². The second-order valence-electron chi connectivity index (χ2n) is 3.46. The molecule has 1 aromatic heterocycles. The largest absolute Gasteiger partial charge is 0.356 e. The number of rotatable bonds is 6. The molecule has 1 heterocycles. The van der Waals surface area contributed by atoms with Gasteiger partial charge in [0.25, 0.3) is 5.91 Å². The van der Waals surface area contributed by atoms with E-state index >= 15 is 0 Å². The number of hydrogen-bond donors (Lipinski definition) is 3. The smallest absolute Gasteiger partial charge is 0.266 e. The maximum Gasteiger partial charge on any atom is 0.266 e. The van der Waals surface area contributed by atoms with Crippen LogP contribution in [0.25, 0.3) is 0 Å². The van der Waals surface area contributed by atoms with Crippen LogP contribution in [0, 0.1) is 0 Å².